The van der Waals surface area contributed by atoms with Crippen LogP contribution in [0, 0.1) is 5.41 Å². The van der Waals surface area contributed by atoms with E-state index in [0.717, 1.165) is 5.56 Å². The zero-order valence-corrected chi connectivity index (χ0v) is 10.4. The molecule has 3 heteroatoms. The SMILES string of the molecule is C=Cc1cccc(OC(C(=O)O)C(C)(C)C)c1. The van der Waals surface area contributed by atoms with Crippen LogP contribution in [0.4, 0.5) is 0 Å². The summed E-state index contributed by atoms with van der Waals surface area (Å²) < 4.78 is 5.54. The van der Waals surface area contributed by atoms with Gasteiger partial charge in [-0.15, -0.1) is 0 Å². The first-order valence-corrected chi connectivity index (χ1v) is 5.46. The Morgan fingerprint density at radius 2 is 2.12 bits per heavy atom. The molecule has 0 saturated carbocycles. The molecule has 1 aromatic rings. The Kier molecular flexibility index (Phi) is 3.94. The normalized spacial score (nSPS) is 12.9. The number of hydrogen-bond donors (Lipinski definition) is 1. The molecule has 0 aliphatic heterocycles. The lowest BCUT2D eigenvalue weighted by Crippen LogP contribution is -2.39. The molecule has 0 bridgehead atoms. The number of aliphatic carboxylic acids is 1. The molecule has 1 aromatic carbocycles. The second-order valence-corrected chi connectivity index (χ2v) is 4.98. The van der Waals surface area contributed by atoms with Crippen LogP contribution >= 0.6 is 0 Å². The Morgan fingerprint density at radius 3 is 2.59 bits per heavy atom. The number of rotatable bonds is 4. The lowest BCUT2D eigenvalue weighted by molar-refractivity contribution is -0.150. The third kappa shape index (κ3) is 3.63. The first-order valence-electron chi connectivity index (χ1n) is 5.46. The van der Waals surface area contributed by atoms with Gasteiger partial charge in [0.15, 0.2) is 6.10 Å². The van der Waals surface area contributed by atoms with Gasteiger partial charge in [0.05, 0.1) is 0 Å². The molecule has 17 heavy (non-hydrogen) atoms. The topological polar surface area (TPSA) is 46.5 Å². The van der Waals surface area contributed by atoms with E-state index in [1.54, 1.807) is 18.2 Å². The number of carboxylic acid groups (broad SMARTS) is 1. The summed E-state index contributed by atoms with van der Waals surface area (Å²) in [5.74, 6) is -0.411. The highest BCUT2D eigenvalue weighted by atomic mass is 16.5. The van der Waals surface area contributed by atoms with Crippen molar-refractivity contribution in [1.29, 1.82) is 0 Å². The fourth-order valence-electron chi connectivity index (χ4n) is 1.45. The highest BCUT2D eigenvalue weighted by Crippen LogP contribution is 2.25. The van der Waals surface area contributed by atoms with Gasteiger partial charge in [-0.3, -0.25) is 0 Å². The summed E-state index contributed by atoms with van der Waals surface area (Å²) in [6.45, 7) is 9.17. The van der Waals surface area contributed by atoms with Crippen molar-refractivity contribution >= 4 is 12.0 Å². The zero-order valence-electron chi connectivity index (χ0n) is 10.4. The lowest BCUT2D eigenvalue weighted by atomic mass is 9.89. The van der Waals surface area contributed by atoms with Crippen LogP contribution in [-0.2, 0) is 4.79 Å². The van der Waals surface area contributed by atoms with Crippen molar-refractivity contribution in [3.8, 4) is 5.75 Å². The maximum Gasteiger partial charge on any atom is 0.345 e. The van der Waals surface area contributed by atoms with Gasteiger partial charge in [-0.2, -0.15) is 0 Å². The second kappa shape index (κ2) is 5.04. The van der Waals surface area contributed by atoms with Gasteiger partial charge in [-0.25, -0.2) is 4.79 Å². The number of ether oxygens (including phenoxy) is 1. The maximum absolute atomic E-state index is 11.2. The fourth-order valence-corrected chi connectivity index (χ4v) is 1.45. The van der Waals surface area contributed by atoms with Crippen molar-refractivity contribution < 1.29 is 14.6 Å². The van der Waals surface area contributed by atoms with E-state index in [2.05, 4.69) is 6.58 Å². The number of hydrogen-bond acceptors (Lipinski definition) is 2. The molecule has 0 saturated heterocycles. The van der Waals surface area contributed by atoms with Gasteiger partial charge in [-0.05, 0) is 17.7 Å². The molecule has 1 unspecified atom stereocenters. The van der Waals surface area contributed by atoms with Crippen LogP contribution in [0.2, 0.25) is 0 Å². The molecule has 0 heterocycles. The van der Waals surface area contributed by atoms with Crippen LogP contribution in [0.3, 0.4) is 0 Å². The molecule has 92 valence electrons. The van der Waals surface area contributed by atoms with Crippen molar-refractivity contribution in [3.63, 3.8) is 0 Å². The molecule has 1 N–H and O–H groups in total. The zero-order chi connectivity index (χ0) is 13.1. The summed E-state index contributed by atoms with van der Waals surface area (Å²) in [7, 11) is 0. The molecule has 0 radical (unpaired) electrons. The molecule has 0 aliphatic carbocycles. The van der Waals surface area contributed by atoms with Crippen molar-refractivity contribution in [1.82, 2.24) is 0 Å². The molecule has 1 atom stereocenters. The van der Waals surface area contributed by atoms with Crippen LogP contribution in [-0.4, -0.2) is 17.2 Å². The summed E-state index contributed by atoms with van der Waals surface area (Å²) in [5.41, 5.74) is 0.441. The van der Waals surface area contributed by atoms with E-state index < -0.39 is 17.5 Å². The van der Waals surface area contributed by atoms with Crippen molar-refractivity contribution in [2.75, 3.05) is 0 Å². The predicted molar refractivity (Wildman–Crippen MR) is 68.0 cm³/mol. The molecule has 0 spiro atoms. The standard InChI is InChI=1S/C14H18O3/c1-5-10-7-6-8-11(9-10)17-12(13(15)16)14(2,3)4/h5-9,12H,1H2,2-4H3,(H,15,16). The van der Waals surface area contributed by atoms with Gasteiger partial charge >= 0.3 is 5.97 Å². The Hall–Kier alpha value is -1.77. The smallest absolute Gasteiger partial charge is 0.345 e. The molecular formula is C14H18O3. The van der Waals surface area contributed by atoms with E-state index >= 15 is 0 Å². The van der Waals surface area contributed by atoms with Gasteiger partial charge in [0, 0.05) is 5.41 Å². The van der Waals surface area contributed by atoms with Crippen molar-refractivity contribution in [2.24, 2.45) is 5.41 Å². The molecule has 0 aromatic heterocycles. The average Bonchev–Trinajstić information content (AvgIpc) is 2.24. The Labute approximate surface area is 102 Å². The molecule has 0 fully saturated rings. The summed E-state index contributed by atoms with van der Waals surface area (Å²) in [6, 6.07) is 7.21. The van der Waals surface area contributed by atoms with E-state index in [-0.39, 0.29) is 0 Å². The quantitative estimate of drug-likeness (QED) is 0.870. The van der Waals surface area contributed by atoms with Gasteiger partial charge < -0.3 is 9.84 Å². The van der Waals surface area contributed by atoms with Crippen molar-refractivity contribution in [2.45, 2.75) is 26.9 Å². The van der Waals surface area contributed by atoms with Crippen LogP contribution in [0.15, 0.2) is 30.8 Å². The maximum atomic E-state index is 11.2. The minimum absolute atomic E-state index is 0.462. The number of benzene rings is 1. The van der Waals surface area contributed by atoms with Gasteiger partial charge in [-0.1, -0.05) is 45.6 Å². The lowest BCUT2D eigenvalue weighted by Gasteiger charge is -2.27. The van der Waals surface area contributed by atoms with Gasteiger partial charge in [0.1, 0.15) is 5.75 Å². The predicted octanol–water partition coefficient (Wildman–Crippen LogP) is 3.21. The van der Waals surface area contributed by atoms with E-state index in [1.807, 2.05) is 32.9 Å². The van der Waals surface area contributed by atoms with E-state index in [9.17, 15) is 4.79 Å². The Bertz CT molecular complexity index is 416. The fraction of sp³-hybridized carbons (Fsp3) is 0.357. The number of carbonyl (C=O) groups is 1. The first kappa shape index (κ1) is 13.3. The van der Waals surface area contributed by atoms with Crippen LogP contribution in [0.5, 0.6) is 5.75 Å². The summed E-state index contributed by atoms with van der Waals surface area (Å²) in [6.07, 6.45) is 0.822. The minimum Gasteiger partial charge on any atom is -0.478 e. The Morgan fingerprint density at radius 1 is 1.47 bits per heavy atom. The van der Waals surface area contributed by atoms with Gasteiger partial charge in [0.25, 0.3) is 0 Å². The van der Waals surface area contributed by atoms with Crippen LogP contribution in [0.1, 0.15) is 26.3 Å². The first-order chi connectivity index (χ1) is 7.84. The molecule has 0 aliphatic rings. The molecule has 1 rings (SSSR count). The number of carboxylic acids is 1. The summed E-state index contributed by atoms with van der Waals surface area (Å²) >= 11 is 0. The van der Waals surface area contributed by atoms with E-state index in [4.69, 9.17) is 9.84 Å². The highest BCUT2D eigenvalue weighted by Gasteiger charge is 2.33. The summed E-state index contributed by atoms with van der Waals surface area (Å²) in [5, 5.41) is 9.15. The van der Waals surface area contributed by atoms with Crippen LogP contribution in [0.25, 0.3) is 6.08 Å². The molecular weight excluding hydrogens is 216 g/mol. The third-order valence-electron chi connectivity index (χ3n) is 2.36. The van der Waals surface area contributed by atoms with E-state index in [0.29, 0.717) is 5.75 Å². The van der Waals surface area contributed by atoms with Crippen molar-refractivity contribution in [3.05, 3.63) is 36.4 Å². The molecule has 0 amide bonds. The Balaban J connectivity index is 2.94. The third-order valence-corrected chi connectivity index (χ3v) is 2.36. The second-order valence-electron chi connectivity index (χ2n) is 4.98. The largest absolute Gasteiger partial charge is 0.478 e. The van der Waals surface area contributed by atoms with E-state index in [1.165, 1.54) is 0 Å². The monoisotopic (exact) mass is 234 g/mol. The minimum atomic E-state index is -0.957. The summed E-state index contributed by atoms with van der Waals surface area (Å²) in [4.78, 5) is 11.2. The van der Waals surface area contributed by atoms with Crippen LogP contribution < -0.4 is 4.74 Å². The molecule has 3 nitrogen and oxygen atoms in total. The average molecular weight is 234 g/mol. The highest BCUT2D eigenvalue weighted by molar-refractivity contribution is 5.73. The van der Waals surface area contributed by atoms with Gasteiger partial charge in [0.2, 0.25) is 0 Å².